The Morgan fingerprint density at radius 2 is 1.68 bits per heavy atom. The standard InChI is InChI=1S/C32H44N4O4/c1-3-20-13-21-15-22(14-20)17-25(16-21)35-23-7-6-8-24(35)19-26(18-23)36-29-10-5-4-9-27(29)33-31(32(36)39)28(34-40-2)11-12-30(37)38/h4-5,9-10,20-26H,3,6-8,11-19H2,1-2H3,(H,37,38)/b34-28+/t20-,21-,22+,23-,24+,25+,26+. The molecule has 40 heavy (non-hydrogen) atoms. The number of aliphatic carboxylic acids is 1. The molecule has 4 fully saturated rings. The monoisotopic (exact) mass is 548 g/mol. The van der Waals surface area contributed by atoms with Gasteiger partial charge >= 0.3 is 5.97 Å². The Balaban J connectivity index is 1.32. The van der Waals surface area contributed by atoms with Crippen LogP contribution in [0.4, 0.5) is 0 Å². The Bertz CT molecular complexity index is 1290. The van der Waals surface area contributed by atoms with E-state index in [0.717, 1.165) is 41.6 Å². The van der Waals surface area contributed by atoms with Crippen LogP contribution in [0.5, 0.6) is 0 Å². The van der Waals surface area contributed by atoms with Gasteiger partial charge in [0.1, 0.15) is 12.8 Å². The molecule has 1 aromatic heterocycles. The van der Waals surface area contributed by atoms with Crippen molar-refractivity contribution in [1.82, 2.24) is 14.5 Å². The first kappa shape index (κ1) is 27.4. The second-order valence-electron chi connectivity index (χ2n) is 12.9. The molecule has 3 heterocycles. The minimum absolute atomic E-state index is 0.0848. The molecule has 7 atom stereocenters. The minimum atomic E-state index is -0.942. The van der Waals surface area contributed by atoms with Crippen molar-refractivity contribution in [2.45, 2.75) is 115 Å². The molecule has 0 unspecified atom stereocenters. The van der Waals surface area contributed by atoms with E-state index in [1.165, 1.54) is 64.9 Å². The molecule has 4 aliphatic rings. The van der Waals surface area contributed by atoms with Crippen LogP contribution in [0.1, 0.15) is 102 Å². The van der Waals surface area contributed by atoms with Crippen LogP contribution in [0.25, 0.3) is 11.0 Å². The largest absolute Gasteiger partial charge is 0.481 e. The summed E-state index contributed by atoms with van der Waals surface area (Å²) in [7, 11) is 1.42. The maximum atomic E-state index is 14.1. The molecular formula is C32H44N4O4. The molecular weight excluding hydrogens is 504 g/mol. The average Bonchev–Trinajstić information content (AvgIpc) is 2.93. The van der Waals surface area contributed by atoms with Gasteiger partial charge in [0.25, 0.3) is 5.56 Å². The quantitative estimate of drug-likeness (QED) is 0.332. The fourth-order valence-electron chi connectivity index (χ4n) is 8.97. The summed E-state index contributed by atoms with van der Waals surface area (Å²) in [6, 6.07) is 9.60. The normalized spacial score (nSPS) is 32.6. The highest BCUT2D eigenvalue weighted by Gasteiger charge is 2.46. The molecule has 0 spiro atoms. The molecule has 2 aliphatic heterocycles. The SMILES string of the molecule is CC[C@@H]1C[C@@H]2C[C@H](C1)C[C@@H](N1[C@@H]3CCC[C@H]1C[C@@H](n1c(=O)c(/C(CCC(=O)O)=N/OC)nc4ccccc41)C3)C2. The number of hydrogen-bond acceptors (Lipinski definition) is 6. The summed E-state index contributed by atoms with van der Waals surface area (Å²) in [6.45, 7) is 2.37. The third-order valence-electron chi connectivity index (χ3n) is 10.4. The van der Waals surface area contributed by atoms with Crippen LogP contribution >= 0.6 is 0 Å². The molecule has 2 aromatic rings. The molecule has 2 aliphatic carbocycles. The summed E-state index contributed by atoms with van der Waals surface area (Å²) in [5, 5.41) is 13.3. The van der Waals surface area contributed by atoms with E-state index >= 15 is 0 Å². The second kappa shape index (κ2) is 11.6. The number of carbonyl (C=O) groups is 1. The number of rotatable bonds is 8. The van der Waals surface area contributed by atoms with Gasteiger partial charge in [-0.2, -0.15) is 0 Å². The number of benzene rings is 1. The van der Waals surface area contributed by atoms with Crippen LogP contribution in [0.3, 0.4) is 0 Å². The van der Waals surface area contributed by atoms with Crippen molar-refractivity contribution in [3.05, 3.63) is 40.3 Å². The summed E-state index contributed by atoms with van der Waals surface area (Å²) in [4.78, 5) is 38.1. The number of hydrogen-bond donors (Lipinski definition) is 1. The molecule has 0 amide bonds. The number of carboxylic acids is 1. The molecule has 4 bridgehead atoms. The van der Waals surface area contributed by atoms with Gasteiger partial charge in [-0.25, -0.2) is 4.98 Å². The van der Waals surface area contributed by atoms with Gasteiger partial charge in [0, 0.05) is 30.6 Å². The van der Waals surface area contributed by atoms with Crippen LogP contribution in [-0.4, -0.2) is 56.5 Å². The highest BCUT2D eigenvalue weighted by Crippen LogP contribution is 2.49. The third-order valence-corrected chi connectivity index (χ3v) is 10.4. The third kappa shape index (κ3) is 5.31. The van der Waals surface area contributed by atoms with Gasteiger partial charge in [-0.15, -0.1) is 0 Å². The molecule has 2 saturated carbocycles. The van der Waals surface area contributed by atoms with E-state index in [4.69, 9.17) is 4.84 Å². The van der Waals surface area contributed by atoms with E-state index in [2.05, 4.69) is 22.0 Å². The van der Waals surface area contributed by atoms with Crippen LogP contribution in [0, 0.1) is 17.8 Å². The average molecular weight is 549 g/mol. The summed E-state index contributed by atoms with van der Waals surface area (Å²) in [5.74, 6) is 1.76. The van der Waals surface area contributed by atoms with Crippen molar-refractivity contribution in [3.63, 3.8) is 0 Å². The number of nitrogens with zero attached hydrogens (tertiary/aromatic N) is 4. The van der Waals surface area contributed by atoms with Gasteiger partial charge in [0.05, 0.1) is 17.5 Å². The van der Waals surface area contributed by atoms with Gasteiger partial charge in [-0.05, 0) is 87.7 Å². The fourth-order valence-corrected chi connectivity index (χ4v) is 8.97. The topological polar surface area (TPSA) is 97.0 Å². The van der Waals surface area contributed by atoms with Crippen LogP contribution in [0.15, 0.2) is 34.2 Å². The molecule has 8 nitrogen and oxygen atoms in total. The summed E-state index contributed by atoms with van der Waals surface area (Å²) in [6.07, 6.45) is 13.9. The molecule has 216 valence electrons. The number of carboxylic acid groups (broad SMARTS) is 1. The summed E-state index contributed by atoms with van der Waals surface area (Å²) >= 11 is 0. The molecule has 2 saturated heterocycles. The fraction of sp³-hybridized carbons (Fsp3) is 0.688. The number of piperidine rings is 2. The Morgan fingerprint density at radius 3 is 2.33 bits per heavy atom. The molecule has 1 aromatic carbocycles. The maximum absolute atomic E-state index is 14.1. The predicted octanol–water partition coefficient (Wildman–Crippen LogP) is 5.77. The Hall–Kier alpha value is -2.74. The zero-order valence-corrected chi connectivity index (χ0v) is 24.0. The Morgan fingerprint density at radius 1 is 0.975 bits per heavy atom. The van der Waals surface area contributed by atoms with E-state index in [9.17, 15) is 14.7 Å². The van der Waals surface area contributed by atoms with Gasteiger partial charge in [-0.1, -0.05) is 37.1 Å². The van der Waals surface area contributed by atoms with Crippen molar-refractivity contribution in [2.24, 2.45) is 22.9 Å². The van der Waals surface area contributed by atoms with E-state index < -0.39 is 5.97 Å². The van der Waals surface area contributed by atoms with Crippen LogP contribution in [0.2, 0.25) is 0 Å². The first-order chi connectivity index (χ1) is 19.4. The first-order valence-electron chi connectivity index (χ1n) is 15.6. The van der Waals surface area contributed by atoms with Crippen molar-refractivity contribution >= 4 is 22.7 Å². The molecule has 0 radical (unpaired) electrons. The lowest BCUT2D eigenvalue weighted by molar-refractivity contribution is -0.136. The lowest BCUT2D eigenvalue weighted by Crippen LogP contribution is -2.59. The van der Waals surface area contributed by atoms with E-state index in [1.54, 1.807) is 0 Å². The Kier molecular flexibility index (Phi) is 7.98. The van der Waals surface area contributed by atoms with Crippen molar-refractivity contribution in [2.75, 3.05) is 7.11 Å². The van der Waals surface area contributed by atoms with Gasteiger partial charge in [-0.3, -0.25) is 14.5 Å². The zero-order valence-electron chi connectivity index (χ0n) is 24.0. The summed E-state index contributed by atoms with van der Waals surface area (Å²) in [5.41, 5.74) is 1.90. The molecule has 1 N–H and O–H groups in total. The van der Waals surface area contributed by atoms with Crippen molar-refractivity contribution < 1.29 is 14.7 Å². The smallest absolute Gasteiger partial charge is 0.303 e. The van der Waals surface area contributed by atoms with Crippen molar-refractivity contribution in [1.29, 1.82) is 0 Å². The maximum Gasteiger partial charge on any atom is 0.303 e. The molecule has 6 rings (SSSR count). The predicted molar refractivity (Wildman–Crippen MR) is 156 cm³/mol. The molecule has 8 heteroatoms. The van der Waals surface area contributed by atoms with Crippen molar-refractivity contribution in [3.8, 4) is 0 Å². The van der Waals surface area contributed by atoms with Gasteiger partial charge in [0.2, 0.25) is 0 Å². The first-order valence-corrected chi connectivity index (χ1v) is 15.6. The van der Waals surface area contributed by atoms with E-state index in [0.29, 0.717) is 23.8 Å². The number of aromatic nitrogens is 2. The van der Waals surface area contributed by atoms with Gasteiger partial charge < -0.3 is 14.5 Å². The van der Waals surface area contributed by atoms with E-state index in [-0.39, 0.29) is 30.1 Å². The minimum Gasteiger partial charge on any atom is -0.481 e. The number of oxime groups is 1. The summed E-state index contributed by atoms with van der Waals surface area (Å²) < 4.78 is 1.97. The number of para-hydroxylation sites is 2. The number of fused-ring (bicyclic) bond motifs is 5. The Labute approximate surface area is 236 Å². The zero-order chi connectivity index (χ0) is 27.8. The van der Waals surface area contributed by atoms with Crippen LogP contribution < -0.4 is 5.56 Å². The van der Waals surface area contributed by atoms with Gasteiger partial charge in [0.15, 0.2) is 5.69 Å². The highest BCUT2D eigenvalue weighted by molar-refractivity contribution is 6.00. The second-order valence-corrected chi connectivity index (χ2v) is 12.9. The lowest BCUT2D eigenvalue weighted by Gasteiger charge is -2.56. The lowest BCUT2D eigenvalue weighted by atomic mass is 9.64. The van der Waals surface area contributed by atoms with Crippen LogP contribution in [-0.2, 0) is 9.63 Å². The highest BCUT2D eigenvalue weighted by atomic mass is 16.6. The van der Waals surface area contributed by atoms with E-state index in [1.807, 2.05) is 28.8 Å².